The zero-order chi connectivity index (χ0) is 22.5. The van der Waals surface area contributed by atoms with Gasteiger partial charge in [0.1, 0.15) is 0 Å². The summed E-state index contributed by atoms with van der Waals surface area (Å²) in [7, 11) is 1.35. The lowest BCUT2D eigenvalue weighted by atomic mass is 9.94. The minimum Gasteiger partial charge on any atom is -0.465 e. The Kier molecular flexibility index (Phi) is 6.28. The molecule has 0 radical (unpaired) electrons. The first-order valence-electron chi connectivity index (χ1n) is 10.3. The summed E-state index contributed by atoms with van der Waals surface area (Å²) >= 11 is 0. The van der Waals surface area contributed by atoms with E-state index in [1.165, 1.54) is 7.11 Å². The largest absolute Gasteiger partial charge is 0.465 e. The summed E-state index contributed by atoms with van der Waals surface area (Å²) in [5, 5.41) is 11.3. The van der Waals surface area contributed by atoms with E-state index in [-0.39, 0.29) is 11.8 Å². The zero-order valence-corrected chi connectivity index (χ0v) is 17.7. The molecule has 0 aliphatic heterocycles. The number of carbonyl (C=O) groups excluding carboxylic acids is 2. The lowest BCUT2D eigenvalue weighted by Gasteiger charge is -2.16. The number of nitrogens with zero attached hydrogens (tertiary/aromatic N) is 1. The van der Waals surface area contributed by atoms with Crippen LogP contribution < -0.4 is 11.1 Å². The Hall–Kier alpha value is -3.97. The summed E-state index contributed by atoms with van der Waals surface area (Å²) in [5.41, 5.74) is 10.1. The topological polar surface area (TPSA) is 110 Å². The van der Waals surface area contributed by atoms with E-state index >= 15 is 0 Å². The number of benzene rings is 3. The fourth-order valence-corrected chi connectivity index (χ4v) is 3.75. The molecule has 0 fully saturated rings. The van der Waals surface area contributed by atoms with Crippen LogP contribution in [0.2, 0.25) is 0 Å². The fraction of sp³-hybridized carbons (Fsp3) is 0.160. The Labute approximate surface area is 185 Å². The normalized spacial score (nSPS) is 11.8. The van der Waals surface area contributed by atoms with E-state index in [4.69, 9.17) is 10.5 Å². The molecule has 1 atom stereocenters. The highest BCUT2D eigenvalue weighted by molar-refractivity contribution is 6.01. The number of aromatic amines is 1. The van der Waals surface area contributed by atoms with E-state index < -0.39 is 5.97 Å². The SMILES string of the molecule is COC(=O)c1cccc(-c2n[nH]c3ccc(NC(=O)C(CCN)c4ccccc4)cc23)c1. The Morgan fingerprint density at radius 2 is 1.88 bits per heavy atom. The lowest BCUT2D eigenvalue weighted by Crippen LogP contribution is -2.23. The summed E-state index contributed by atoms with van der Waals surface area (Å²) in [5.74, 6) is -0.859. The number of fused-ring (bicyclic) bond motifs is 1. The molecule has 3 aromatic carbocycles. The number of hydrogen-bond donors (Lipinski definition) is 3. The van der Waals surface area contributed by atoms with E-state index in [0.29, 0.717) is 29.9 Å². The lowest BCUT2D eigenvalue weighted by molar-refractivity contribution is -0.117. The summed E-state index contributed by atoms with van der Waals surface area (Å²) in [6.45, 7) is 0.411. The summed E-state index contributed by atoms with van der Waals surface area (Å²) < 4.78 is 4.81. The number of ether oxygens (including phenoxy) is 1. The number of anilines is 1. The van der Waals surface area contributed by atoms with E-state index in [2.05, 4.69) is 15.5 Å². The number of aromatic nitrogens is 2. The fourth-order valence-electron chi connectivity index (χ4n) is 3.75. The summed E-state index contributed by atoms with van der Waals surface area (Å²) in [4.78, 5) is 24.9. The second-order valence-corrected chi connectivity index (χ2v) is 7.43. The molecule has 4 N–H and O–H groups in total. The van der Waals surface area contributed by atoms with Crippen molar-refractivity contribution in [2.45, 2.75) is 12.3 Å². The number of methoxy groups -OCH3 is 1. The van der Waals surface area contributed by atoms with Gasteiger partial charge in [0, 0.05) is 16.6 Å². The Morgan fingerprint density at radius 1 is 1.06 bits per heavy atom. The smallest absolute Gasteiger partial charge is 0.337 e. The van der Waals surface area contributed by atoms with Gasteiger partial charge in [-0.2, -0.15) is 5.10 Å². The highest BCUT2D eigenvalue weighted by Gasteiger charge is 2.20. The van der Waals surface area contributed by atoms with Gasteiger partial charge in [0.05, 0.1) is 29.8 Å². The summed E-state index contributed by atoms with van der Waals surface area (Å²) in [6.07, 6.45) is 0.551. The molecule has 1 heterocycles. The number of esters is 1. The van der Waals surface area contributed by atoms with Gasteiger partial charge < -0.3 is 15.8 Å². The molecular formula is C25H24N4O3. The predicted octanol–water partition coefficient (Wildman–Crippen LogP) is 4.09. The standard InChI is InChI=1S/C25H24N4O3/c1-32-25(31)18-9-5-8-17(14-18)23-21-15-19(10-11-22(21)28-29-23)27-24(30)20(12-13-26)16-6-3-2-4-7-16/h2-11,14-15,20H,12-13,26H2,1H3,(H,27,30)(H,28,29). The molecule has 4 rings (SSSR count). The third kappa shape index (κ3) is 4.38. The molecule has 162 valence electrons. The Bertz CT molecular complexity index is 1250. The summed E-state index contributed by atoms with van der Waals surface area (Å²) in [6, 6.07) is 22.3. The van der Waals surface area contributed by atoms with E-state index in [1.54, 1.807) is 18.2 Å². The highest BCUT2D eigenvalue weighted by atomic mass is 16.5. The Morgan fingerprint density at radius 3 is 2.62 bits per heavy atom. The van der Waals surface area contributed by atoms with Gasteiger partial charge in [0.15, 0.2) is 0 Å². The maximum absolute atomic E-state index is 13.0. The zero-order valence-electron chi connectivity index (χ0n) is 17.7. The number of nitrogens with one attached hydrogen (secondary N) is 2. The van der Waals surface area contributed by atoms with Gasteiger partial charge in [-0.25, -0.2) is 4.79 Å². The minimum absolute atomic E-state index is 0.112. The average Bonchev–Trinajstić information content (AvgIpc) is 3.26. The van der Waals surface area contributed by atoms with Crippen LogP contribution in [0.5, 0.6) is 0 Å². The van der Waals surface area contributed by atoms with Crippen LogP contribution in [0.1, 0.15) is 28.3 Å². The van der Waals surface area contributed by atoms with Crippen LogP contribution in [0.15, 0.2) is 72.8 Å². The van der Waals surface area contributed by atoms with Gasteiger partial charge in [-0.15, -0.1) is 0 Å². The molecule has 0 bridgehead atoms. The van der Waals surface area contributed by atoms with E-state index in [1.807, 2.05) is 54.6 Å². The van der Waals surface area contributed by atoms with Crippen LogP contribution in [0.3, 0.4) is 0 Å². The third-order valence-electron chi connectivity index (χ3n) is 5.36. The second kappa shape index (κ2) is 9.45. The van der Waals surface area contributed by atoms with Crippen molar-refractivity contribution >= 4 is 28.5 Å². The first-order valence-corrected chi connectivity index (χ1v) is 10.3. The van der Waals surface area contributed by atoms with Crippen molar-refractivity contribution in [2.24, 2.45) is 5.73 Å². The van der Waals surface area contributed by atoms with E-state index in [9.17, 15) is 9.59 Å². The molecular weight excluding hydrogens is 404 g/mol. The van der Waals surface area contributed by atoms with Crippen LogP contribution in [0, 0.1) is 0 Å². The number of H-pyrrole nitrogens is 1. The molecule has 1 amide bonds. The van der Waals surface area contributed by atoms with Crippen molar-refractivity contribution < 1.29 is 14.3 Å². The maximum Gasteiger partial charge on any atom is 0.337 e. The molecule has 0 spiro atoms. The van der Waals surface area contributed by atoms with Gasteiger partial charge in [-0.3, -0.25) is 9.89 Å². The molecule has 0 aliphatic carbocycles. The van der Waals surface area contributed by atoms with Crippen molar-refractivity contribution in [3.05, 3.63) is 83.9 Å². The molecule has 0 saturated heterocycles. The van der Waals surface area contributed by atoms with Crippen molar-refractivity contribution in [3.8, 4) is 11.3 Å². The molecule has 7 heteroatoms. The number of hydrogen-bond acceptors (Lipinski definition) is 5. The molecule has 7 nitrogen and oxygen atoms in total. The van der Waals surface area contributed by atoms with Crippen LogP contribution >= 0.6 is 0 Å². The van der Waals surface area contributed by atoms with Crippen molar-refractivity contribution in [3.63, 3.8) is 0 Å². The first-order chi connectivity index (χ1) is 15.6. The minimum atomic E-state index is -0.411. The van der Waals surface area contributed by atoms with Crippen molar-refractivity contribution in [2.75, 3.05) is 19.0 Å². The monoisotopic (exact) mass is 428 g/mol. The van der Waals surface area contributed by atoms with Gasteiger partial charge >= 0.3 is 5.97 Å². The number of amides is 1. The maximum atomic E-state index is 13.0. The number of carbonyl (C=O) groups is 2. The van der Waals surface area contributed by atoms with Crippen molar-refractivity contribution in [1.29, 1.82) is 0 Å². The van der Waals surface area contributed by atoms with Gasteiger partial charge in [0.2, 0.25) is 5.91 Å². The first kappa shape index (κ1) is 21.3. The van der Waals surface area contributed by atoms with Crippen LogP contribution in [-0.4, -0.2) is 35.7 Å². The van der Waals surface area contributed by atoms with E-state index in [0.717, 1.165) is 22.0 Å². The molecule has 1 unspecified atom stereocenters. The molecule has 0 aliphatic rings. The average molecular weight is 428 g/mol. The second-order valence-electron chi connectivity index (χ2n) is 7.43. The number of rotatable bonds is 7. The molecule has 4 aromatic rings. The third-order valence-corrected chi connectivity index (χ3v) is 5.36. The van der Waals surface area contributed by atoms with Crippen LogP contribution in [0.25, 0.3) is 22.2 Å². The highest BCUT2D eigenvalue weighted by Crippen LogP contribution is 2.30. The van der Waals surface area contributed by atoms with Crippen molar-refractivity contribution in [1.82, 2.24) is 10.2 Å². The molecule has 32 heavy (non-hydrogen) atoms. The van der Waals surface area contributed by atoms with Gasteiger partial charge in [-0.05, 0) is 48.9 Å². The molecule has 0 saturated carbocycles. The van der Waals surface area contributed by atoms with Crippen LogP contribution in [-0.2, 0) is 9.53 Å². The van der Waals surface area contributed by atoms with Gasteiger partial charge in [-0.1, -0.05) is 42.5 Å². The van der Waals surface area contributed by atoms with Gasteiger partial charge in [0.25, 0.3) is 0 Å². The Balaban J connectivity index is 1.64. The quantitative estimate of drug-likeness (QED) is 0.384. The number of nitrogens with two attached hydrogens (primary N) is 1. The molecule has 1 aromatic heterocycles. The van der Waals surface area contributed by atoms with Crippen LogP contribution in [0.4, 0.5) is 5.69 Å². The predicted molar refractivity (Wildman–Crippen MR) is 124 cm³/mol.